The van der Waals surface area contributed by atoms with Crippen LogP contribution in [0.4, 0.5) is 0 Å². The number of nitrogens with one attached hydrogen (secondary N) is 1. The predicted octanol–water partition coefficient (Wildman–Crippen LogP) is -1.27. The van der Waals surface area contributed by atoms with Gasteiger partial charge in [0, 0.05) is 45.3 Å². The summed E-state index contributed by atoms with van der Waals surface area (Å²) in [5, 5.41) is 2.65. The van der Waals surface area contributed by atoms with E-state index in [2.05, 4.69) is 5.32 Å². The molecule has 2 heterocycles. The number of nitrogens with two attached hydrogens (primary N) is 1. The molecule has 28 heavy (non-hydrogen) atoms. The lowest BCUT2D eigenvalue weighted by Crippen LogP contribution is -2.52. The molecule has 1 aliphatic heterocycles. The van der Waals surface area contributed by atoms with Gasteiger partial charge < -0.3 is 20.5 Å². The minimum absolute atomic E-state index is 0.00519. The van der Waals surface area contributed by atoms with E-state index in [-0.39, 0.29) is 61.0 Å². The van der Waals surface area contributed by atoms with Gasteiger partial charge in [0.1, 0.15) is 10.6 Å². The Labute approximate surface area is 163 Å². The minimum Gasteiger partial charge on any atom is -0.364 e. The average Bonchev–Trinajstić information content (AvgIpc) is 3.24. The molecule has 1 aromatic heterocycles. The minimum atomic E-state index is -3.78. The van der Waals surface area contributed by atoms with Gasteiger partial charge in [-0.25, -0.2) is 8.42 Å². The van der Waals surface area contributed by atoms with E-state index in [0.29, 0.717) is 5.92 Å². The van der Waals surface area contributed by atoms with Gasteiger partial charge >= 0.3 is 0 Å². The van der Waals surface area contributed by atoms with Crippen molar-refractivity contribution in [3.8, 4) is 0 Å². The highest BCUT2D eigenvalue weighted by Crippen LogP contribution is 2.37. The van der Waals surface area contributed by atoms with Gasteiger partial charge in [0.15, 0.2) is 0 Å². The first-order valence-electron chi connectivity index (χ1n) is 9.13. The molecule has 1 aliphatic carbocycles. The van der Waals surface area contributed by atoms with Crippen LogP contribution in [-0.4, -0.2) is 72.6 Å². The van der Waals surface area contributed by atoms with Crippen LogP contribution in [0.25, 0.3) is 0 Å². The standard InChI is InChI=1S/C17H25N5O5S/c1-11-7-13(11)17(25)19-9-15(23)21-3-5-22(6-4-21)28(26,27)12-8-14(16(18)24)20(2)10-12/h8,10-11,13H,3-7,9H2,1-2H3,(H2,18,24)(H,19,25)/t11-,13+/m1/s1. The van der Waals surface area contributed by atoms with Crippen LogP contribution in [-0.2, 0) is 26.7 Å². The molecule has 1 saturated heterocycles. The quantitative estimate of drug-likeness (QED) is 0.602. The summed E-state index contributed by atoms with van der Waals surface area (Å²) in [7, 11) is -2.24. The lowest BCUT2D eigenvalue weighted by molar-refractivity contribution is -0.134. The van der Waals surface area contributed by atoms with Gasteiger partial charge in [-0.1, -0.05) is 6.92 Å². The molecule has 1 saturated carbocycles. The molecule has 10 nitrogen and oxygen atoms in total. The number of nitrogens with zero attached hydrogens (tertiary/aromatic N) is 3. The van der Waals surface area contributed by atoms with Gasteiger partial charge in [-0.2, -0.15) is 4.31 Å². The number of piperazine rings is 1. The third kappa shape index (κ3) is 4.04. The Morgan fingerprint density at radius 2 is 1.82 bits per heavy atom. The van der Waals surface area contributed by atoms with E-state index in [1.165, 1.54) is 21.1 Å². The van der Waals surface area contributed by atoms with Gasteiger partial charge in [-0.3, -0.25) is 14.4 Å². The fourth-order valence-electron chi connectivity index (χ4n) is 3.34. The summed E-state index contributed by atoms with van der Waals surface area (Å²) in [6.45, 7) is 2.68. The second-order valence-electron chi connectivity index (χ2n) is 7.36. The van der Waals surface area contributed by atoms with Crippen LogP contribution in [0.2, 0.25) is 0 Å². The highest BCUT2D eigenvalue weighted by Gasteiger charge is 2.39. The molecule has 3 amide bonds. The topological polar surface area (TPSA) is 135 Å². The molecule has 0 radical (unpaired) electrons. The van der Waals surface area contributed by atoms with Gasteiger partial charge in [0.25, 0.3) is 5.91 Å². The van der Waals surface area contributed by atoms with Crippen molar-refractivity contribution in [1.82, 2.24) is 19.1 Å². The maximum absolute atomic E-state index is 12.8. The van der Waals surface area contributed by atoms with Crippen LogP contribution < -0.4 is 11.1 Å². The molecule has 154 valence electrons. The number of hydrogen-bond acceptors (Lipinski definition) is 5. The number of rotatable bonds is 6. The first-order chi connectivity index (χ1) is 13.1. The van der Waals surface area contributed by atoms with Gasteiger partial charge in [0.05, 0.1) is 6.54 Å². The molecular formula is C17H25N5O5S. The van der Waals surface area contributed by atoms with Crippen molar-refractivity contribution in [1.29, 1.82) is 0 Å². The Kier molecular flexibility index (Phi) is 5.48. The van der Waals surface area contributed by atoms with Crippen molar-refractivity contribution < 1.29 is 22.8 Å². The molecule has 0 bridgehead atoms. The van der Waals surface area contributed by atoms with Crippen LogP contribution >= 0.6 is 0 Å². The summed E-state index contributed by atoms with van der Waals surface area (Å²) in [4.78, 5) is 37.0. The summed E-state index contributed by atoms with van der Waals surface area (Å²) in [6.07, 6.45) is 2.20. The largest absolute Gasteiger partial charge is 0.364 e. The van der Waals surface area contributed by atoms with E-state index < -0.39 is 15.9 Å². The van der Waals surface area contributed by atoms with Crippen molar-refractivity contribution in [3.63, 3.8) is 0 Å². The molecule has 2 aliphatic rings. The molecule has 1 aromatic rings. The van der Waals surface area contributed by atoms with Crippen LogP contribution in [0, 0.1) is 11.8 Å². The fourth-order valence-corrected chi connectivity index (χ4v) is 4.83. The molecular weight excluding hydrogens is 386 g/mol. The highest BCUT2D eigenvalue weighted by atomic mass is 32.2. The predicted molar refractivity (Wildman–Crippen MR) is 99.6 cm³/mol. The van der Waals surface area contributed by atoms with Crippen LogP contribution in [0.3, 0.4) is 0 Å². The van der Waals surface area contributed by atoms with E-state index in [1.54, 1.807) is 11.9 Å². The highest BCUT2D eigenvalue weighted by molar-refractivity contribution is 7.89. The molecule has 0 spiro atoms. The number of carbonyl (C=O) groups is 3. The fraction of sp³-hybridized carbons (Fsp3) is 0.588. The van der Waals surface area contributed by atoms with Crippen molar-refractivity contribution >= 4 is 27.7 Å². The first kappa shape index (κ1) is 20.3. The third-order valence-corrected chi connectivity index (χ3v) is 7.19. The van der Waals surface area contributed by atoms with Crippen molar-refractivity contribution in [3.05, 3.63) is 18.0 Å². The van der Waals surface area contributed by atoms with Crippen LogP contribution in [0.5, 0.6) is 0 Å². The molecule has 2 fully saturated rings. The normalized spacial score (nSPS) is 22.7. The summed E-state index contributed by atoms with van der Waals surface area (Å²) >= 11 is 0. The second kappa shape index (κ2) is 7.55. The molecule has 2 atom stereocenters. The second-order valence-corrected chi connectivity index (χ2v) is 9.30. The number of aromatic nitrogens is 1. The SMILES string of the molecule is C[C@@H]1C[C@@H]1C(=O)NCC(=O)N1CCN(S(=O)(=O)c2cc(C(N)=O)n(C)c2)CC1. The zero-order valence-corrected chi connectivity index (χ0v) is 16.7. The maximum atomic E-state index is 12.8. The number of carbonyl (C=O) groups excluding carboxylic acids is 3. The monoisotopic (exact) mass is 411 g/mol. The van der Waals surface area contributed by atoms with E-state index in [9.17, 15) is 22.8 Å². The lowest BCUT2D eigenvalue weighted by atomic mass is 10.3. The van der Waals surface area contributed by atoms with Crippen molar-refractivity contribution in [2.75, 3.05) is 32.7 Å². The molecule has 0 unspecified atom stereocenters. The molecule has 11 heteroatoms. The zero-order valence-electron chi connectivity index (χ0n) is 15.9. The number of primary amides is 1. The Balaban J connectivity index is 1.55. The first-order valence-corrected chi connectivity index (χ1v) is 10.6. The van der Waals surface area contributed by atoms with Gasteiger partial charge in [-0.15, -0.1) is 0 Å². The Hall–Kier alpha value is -2.40. The average molecular weight is 411 g/mol. The smallest absolute Gasteiger partial charge is 0.265 e. The summed E-state index contributed by atoms with van der Waals surface area (Å²) < 4.78 is 28.2. The Morgan fingerprint density at radius 1 is 1.21 bits per heavy atom. The van der Waals surface area contributed by atoms with E-state index in [1.807, 2.05) is 6.92 Å². The van der Waals surface area contributed by atoms with Crippen LogP contribution in [0.1, 0.15) is 23.8 Å². The summed E-state index contributed by atoms with van der Waals surface area (Å²) in [6, 6.07) is 1.25. The molecule has 3 N–H and O–H groups in total. The van der Waals surface area contributed by atoms with E-state index in [4.69, 9.17) is 5.73 Å². The lowest BCUT2D eigenvalue weighted by Gasteiger charge is -2.33. The third-order valence-electron chi connectivity index (χ3n) is 5.32. The van der Waals surface area contributed by atoms with Gasteiger partial charge in [0.2, 0.25) is 21.8 Å². The molecule has 0 aromatic carbocycles. The van der Waals surface area contributed by atoms with E-state index in [0.717, 1.165) is 6.42 Å². The van der Waals surface area contributed by atoms with Crippen molar-refractivity contribution in [2.45, 2.75) is 18.2 Å². The van der Waals surface area contributed by atoms with Crippen LogP contribution in [0.15, 0.2) is 17.2 Å². The number of aryl methyl sites for hydroxylation is 1. The number of amides is 3. The summed E-state index contributed by atoms with van der Waals surface area (Å²) in [5.41, 5.74) is 5.34. The zero-order chi connectivity index (χ0) is 20.6. The number of hydrogen-bond donors (Lipinski definition) is 2. The van der Waals surface area contributed by atoms with Gasteiger partial charge in [-0.05, 0) is 18.4 Å². The maximum Gasteiger partial charge on any atom is 0.265 e. The Morgan fingerprint density at radius 3 is 2.32 bits per heavy atom. The summed E-state index contributed by atoms with van der Waals surface area (Å²) in [5.74, 6) is -0.657. The number of sulfonamides is 1. The van der Waals surface area contributed by atoms with E-state index >= 15 is 0 Å². The van der Waals surface area contributed by atoms with Crippen molar-refractivity contribution in [2.24, 2.45) is 24.6 Å². The Bertz CT molecular complexity index is 901. The molecule has 3 rings (SSSR count).